The molecule has 2 aromatic rings. The molecule has 2 rings (SSSR count). The third-order valence-electron chi connectivity index (χ3n) is 2.79. The highest BCUT2D eigenvalue weighted by molar-refractivity contribution is 5.53. The van der Waals surface area contributed by atoms with Crippen molar-refractivity contribution in [3.63, 3.8) is 0 Å². The number of nitrogens with two attached hydrogens (primary N) is 1. The van der Waals surface area contributed by atoms with E-state index in [1.54, 1.807) is 0 Å². The Morgan fingerprint density at radius 2 is 2.05 bits per heavy atom. The quantitative estimate of drug-likeness (QED) is 0.875. The minimum absolute atomic E-state index is 0.0526. The molecule has 0 saturated heterocycles. The van der Waals surface area contributed by atoms with Gasteiger partial charge in [0.05, 0.1) is 11.8 Å². The van der Waals surface area contributed by atoms with Gasteiger partial charge in [-0.15, -0.1) is 0 Å². The van der Waals surface area contributed by atoms with Crippen LogP contribution in [0, 0.1) is 6.92 Å². The first-order valence-electron chi connectivity index (χ1n) is 6.77. The van der Waals surface area contributed by atoms with Crippen LogP contribution in [-0.4, -0.2) is 11.1 Å². The summed E-state index contributed by atoms with van der Waals surface area (Å²) in [6.45, 7) is 6.71. The van der Waals surface area contributed by atoms with E-state index in [-0.39, 0.29) is 6.10 Å². The molecule has 4 heteroatoms. The van der Waals surface area contributed by atoms with Gasteiger partial charge in [0.1, 0.15) is 5.82 Å². The van der Waals surface area contributed by atoms with Crippen molar-refractivity contribution in [2.45, 2.75) is 33.4 Å². The molecule has 0 aliphatic rings. The summed E-state index contributed by atoms with van der Waals surface area (Å²) >= 11 is 0. The van der Waals surface area contributed by atoms with Crippen molar-refractivity contribution in [2.24, 2.45) is 0 Å². The second-order valence-corrected chi connectivity index (χ2v) is 5.10. The largest absolute Gasteiger partial charge is 0.473 e. The van der Waals surface area contributed by atoms with E-state index < -0.39 is 0 Å². The Kier molecular flexibility index (Phi) is 4.45. The summed E-state index contributed by atoms with van der Waals surface area (Å²) in [6, 6.07) is 12.0. The molecular weight excluding hydrogens is 250 g/mol. The highest BCUT2D eigenvalue weighted by atomic mass is 16.5. The van der Waals surface area contributed by atoms with Gasteiger partial charge in [0.15, 0.2) is 0 Å². The van der Waals surface area contributed by atoms with Crippen LogP contribution in [0.5, 0.6) is 5.88 Å². The SMILES string of the molecule is Cc1cccc(CNc2ccc(N)c(OC(C)C)n2)c1. The first-order valence-corrected chi connectivity index (χ1v) is 6.77. The lowest BCUT2D eigenvalue weighted by Crippen LogP contribution is -2.10. The summed E-state index contributed by atoms with van der Waals surface area (Å²) in [6.07, 6.45) is 0.0526. The standard InChI is InChI=1S/C16H21N3O/c1-11(2)20-16-14(17)7-8-15(19-16)18-10-13-6-4-5-12(3)9-13/h4-9,11H,10,17H2,1-3H3,(H,18,19). The van der Waals surface area contributed by atoms with Gasteiger partial charge in [-0.05, 0) is 38.5 Å². The summed E-state index contributed by atoms with van der Waals surface area (Å²) < 4.78 is 5.58. The summed E-state index contributed by atoms with van der Waals surface area (Å²) in [4.78, 5) is 4.39. The van der Waals surface area contributed by atoms with Crippen LogP contribution in [0.4, 0.5) is 11.5 Å². The number of benzene rings is 1. The van der Waals surface area contributed by atoms with E-state index in [9.17, 15) is 0 Å². The van der Waals surface area contributed by atoms with E-state index >= 15 is 0 Å². The van der Waals surface area contributed by atoms with E-state index in [1.807, 2.05) is 26.0 Å². The monoisotopic (exact) mass is 271 g/mol. The lowest BCUT2D eigenvalue weighted by Gasteiger charge is -2.13. The van der Waals surface area contributed by atoms with Gasteiger partial charge >= 0.3 is 0 Å². The molecule has 20 heavy (non-hydrogen) atoms. The molecule has 0 aliphatic heterocycles. The molecule has 1 aromatic heterocycles. The smallest absolute Gasteiger partial charge is 0.239 e. The lowest BCUT2D eigenvalue weighted by atomic mass is 10.1. The number of aryl methyl sites for hydroxylation is 1. The molecule has 0 aliphatic carbocycles. The van der Waals surface area contributed by atoms with E-state index in [2.05, 4.69) is 41.5 Å². The second kappa shape index (κ2) is 6.28. The van der Waals surface area contributed by atoms with E-state index in [0.717, 1.165) is 12.4 Å². The Balaban J connectivity index is 2.06. The number of rotatable bonds is 5. The van der Waals surface area contributed by atoms with Crippen molar-refractivity contribution in [3.8, 4) is 5.88 Å². The third-order valence-corrected chi connectivity index (χ3v) is 2.79. The minimum Gasteiger partial charge on any atom is -0.473 e. The van der Waals surface area contributed by atoms with Crippen LogP contribution >= 0.6 is 0 Å². The van der Waals surface area contributed by atoms with Crippen LogP contribution < -0.4 is 15.8 Å². The molecule has 0 amide bonds. The lowest BCUT2D eigenvalue weighted by molar-refractivity contribution is 0.234. The van der Waals surface area contributed by atoms with E-state index in [1.165, 1.54) is 11.1 Å². The predicted molar refractivity (Wildman–Crippen MR) is 82.9 cm³/mol. The number of hydrogen-bond acceptors (Lipinski definition) is 4. The van der Waals surface area contributed by atoms with Gasteiger partial charge in [-0.25, -0.2) is 0 Å². The van der Waals surface area contributed by atoms with Crippen LogP contribution in [0.1, 0.15) is 25.0 Å². The fraction of sp³-hybridized carbons (Fsp3) is 0.312. The first-order chi connectivity index (χ1) is 9.54. The molecule has 0 spiro atoms. The van der Waals surface area contributed by atoms with Crippen molar-refractivity contribution >= 4 is 11.5 Å². The number of ether oxygens (including phenoxy) is 1. The molecule has 0 bridgehead atoms. The van der Waals surface area contributed by atoms with E-state index in [0.29, 0.717) is 11.6 Å². The van der Waals surface area contributed by atoms with Gasteiger partial charge in [-0.2, -0.15) is 4.98 Å². The Labute approximate surface area is 120 Å². The average molecular weight is 271 g/mol. The van der Waals surface area contributed by atoms with Crippen LogP contribution in [0.3, 0.4) is 0 Å². The zero-order valence-electron chi connectivity index (χ0n) is 12.2. The van der Waals surface area contributed by atoms with Crippen molar-refractivity contribution in [1.29, 1.82) is 0 Å². The number of nitrogen functional groups attached to an aromatic ring is 1. The highest BCUT2D eigenvalue weighted by Crippen LogP contribution is 2.22. The van der Waals surface area contributed by atoms with E-state index in [4.69, 9.17) is 10.5 Å². The maximum atomic E-state index is 5.85. The number of pyridine rings is 1. The molecule has 106 valence electrons. The summed E-state index contributed by atoms with van der Waals surface area (Å²) in [5, 5.41) is 3.28. The van der Waals surface area contributed by atoms with Crippen LogP contribution in [0.25, 0.3) is 0 Å². The van der Waals surface area contributed by atoms with Crippen LogP contribution in [0.15, 0.2) is 36.4 Å². The van der Waals surface area contributed by atoms with Gasteiger partial charge in [-0.1, -0.05) is 29.8 Å². The number of nitrogens with one attached hydrogen (secondary N) is 1. The van der Waals surface area contributed by atoms with Gasteiger partial charge in [0.2, 0.25) is 5.88 Å². The zero-order chi connectivity index (χ0) is 14.5. The molecular formula is C16H21N3O. The first kappa shape index (κ1) is 14.2. The predicted octanol–water partition coefficient (Wildman–Crippen LogP) is 3.37. The van der Waals surface area contributed by atoms with Crippen molar-refractivity contribution in [2.75, 3.05) is 11.1 Å². The maximum Gasteiger partial charge on any atom is 0.239 e. The molecule has 0 fully saturated rings. The summed E-state index contributed by atoms with van der Waals surface area (Å²) in [5.41, 5.74) is 8.87. The zero-order valence-corrected chi connectivity index (χ0v) is 12.2. The molecule has 1 heterocycles. The molecule has 0 radical (unpaired) electrons. The molecule has 0 saturated carbocycles. The van der Waals surface area contributed by atoms with Gasteiger partial charge in [0, 0.05) is 6.54 Å². The van der Waals surface area contributed by atoms with Crippen molar-refractivity contribution in [1.82, 2.24) is 4.98 Å². The fourth-order valence-corrected chi connectivity index (χ4v) is 1.88. The second-order valence-electron chi connectivity index (χ2n) is 5.10. The Hall–Kier alpha value is -2.23. The minimum atomic E-state index is 0.0526. The number of anilines is 2. The Bertz CT molecular complexity index is 582. The maximum absolute atomic E-state index is 5.85. The fourth-order valence-electron chi connectivity index (χ4n) is 1.88. The van der Waals surface area contributed by atoms with Crippen LogP contribution in [0.2, 0.25) is 0 Å². The number of nitrogens with zero attached hydrogens (tertiary/aromatic N) is 1. The highest BCUT2D eigenvalue weighted by Gasteiger charge is 2.06. The van der Waals surface area contributed by atoms with Gasteiger partial charge < -0.3 is 15.8 Å². The summed E-state index contributed by atoms with van der Waals surface area (Å²) in [7, 11) is 0. The molecule has 1 aromatic carbocycles. The molecule has 0 atom stereocenters. The van der Waals surface area contributed by atoms with Crippen LogP contribution in [-0.2, 0) is 6.54 Å². The normalized spacial score (nSPS) is 10.6. The molecule has 3 N–H and O–H groups in total. The number of hydrogen-bond donors (Lipinski definition) is 2. The summed E-state index contributed by atoms with van der Waals surface area (Å²) in [5.74, 6) is 1.24. The number of aromatic nitrogens is 1. The topological polar surface area (TPSA) is 60.2 Å². The van der Waals surface area contributed by atoms with Crippen molar-refractivity contribution < 1.29 is 4.74 Å². The van der Waals surface area contributed by atoms with Gasteiger partial charge in [0.25, 0.3) is 0 Å². The van der Waals surface area contributed by atoms with Crippen molar-refractivity contribution in [3.05, 3.63) is 47.5 Å². The average Bonchev–Trinajstić information content (AvgIpc) is 2.39. The molecule has 4 nitrogen and oxygen atoms in total. The molecule has 0 unspecified atom stereocenters. The Morgan fingerprint density at radius 1 is 1.25 bits per heavy atom. The Morgan fingerprint density at radius 3 is 2.75 bits per heavy atom. The third kappa shape index (κ3) is 3.88. The van der Waals surface area contributed by atoms with Gasteiger partial charge in [-0.3, -0.25) is 0 Å².